The van der Waals surface area contributed by atoms with Gasteiger partial charge in [-0.15, -0.1) is 11.3 Å². The first kappa shape index (κ1) is 13.1. The maximum atomic E-state index is 12.6. The number of thiophene rings is 1. The van der Waals surface area contributed by atoms with Gasteiger partial charge < -0.3 is 15.0 Å². The highest BCUT2D eigenvalue weighted by molar-refractivity contribution is 7.10. The van der Waals surface area contributed by atoms with Crippen molar-refractivity contribution in [3.63, 3.8) is 0 Å². The van der Waals surface area contributed by atoms with Crippen molar-refractivity contribution in [1.29, 1.82) is 0 Å². The van der Waals surface area contributed by atoms with E-state index in [0.29, 0.717) is 19.2 Å². The molecule has 2 aliphatic rings. The third-order valence-electron chi connectivity index (χ3n) is 3.76. The number of rotatable bonds is 4. The van der Waals surface area contributed by atoms with Gasteiger partial charge in [-0.1, -0.05) is 0 Å². The molecule has 5 heteroatoms. The molecule has 1 amide bonds. The summed E-state index contributed by atoms with van der Waals surface area (Å²) >= 11 is 1.74. The summed E-state index contributed by atoms with van der Waals surface area (Å²) < 4.78 is 5.60. The molecule has 3 rings (SSSR count). The standard InChI is InChI=1S/C14H20N2O2S/c1-10-4-7-19-13(10)9-16(11-2-3-11)14(17)12-8-15-5-6-18-12/h4,7,11-12,15H,2-3,5-6,8-9H2,1H3. The Kier molecular flexibility index (Phi) is 3.86. The molecule has 4 nitrogen and oxygen atoms in total. The number of carbonyl (C=O) groups is 1. The molecular formula is C14H20N2O2S. The van der Waals surface area contributed by atoms with Gasteiger partial charge in [0.15, 0.2) is 0 Å². The molecular weight excluding hydrogens is 260 g/mol. The fourth-order valence-electron chi connectivity index (χ4n) is 2.40. The molecule has 0 radical (unpaired) electrons. The van der Waals surface area contributed by atoms with E-state index >= 15 is 0 Å². The summed E-state index contributed by atoms with van der Waals surface area (Å²) in [5.74, 6) is 0.155. The molecule has 1 aromatic heterocycles. The van der Waals surface area contributed by atoms with Crippen molar-refractivity contribution in [2.24, 2.45) is 0 Å². The van der Waals surface area contributed by atoms with Crippen LogP contribution in [0.25, 0.3) is 0 Å². The van der Waals surface area contributed by atoms with Gasteiger partial charge in [0.05, 0.1) is 13.2 Å². The van der Waals surface area contributed by atoms with Crippen molar-refractivity contribution < 1.29 is 9.53 Å². The number of morpholine rings is 1. The van der Waals surface area contributed by atoms with Gasteiger partial charge in [0.1, 0.15) is 6.10 Å². The maximum Gasteiger partial charge on any atom is 0.253 e. The predicted molar refractivity (Wildman–Crippen MR) is 75.2 cm³/mol. The summed E-state index contributed by atoms with van der Waals surface area (Å²) in [5, 5.41) is 5.33. The van der Waals surface area contributed by atoms with E-state index in [0.717, 1.165) is 25.9 Å². The van der Waals surface area contributed by atoms with Crippen molar-refractivity contribution in [2.75, 3.05) is 19.7 Å². The Morgan fingerprint density at radius 2 is 2.42 bits per heavy atom. The zero-order valence-electron chi connectivity index (χ0n) is 11.2. The molecule has 19 heavy (non-hydrogen) atoms. The monoisotopic (exact) mass is 280 g/mol. The molecule has 2 fully saturated rings. The lowest BCUT2D eigenvalue weighted by Gasteiger charge is -2.29. The molecule has 1 atom stereocenters. The molecule has 1 unspecified atom stereocenters. The van der Waals surface area contributed by atoms with Crippen LogP contribution >= 0.6 is 11.3 Å². The van der Waals surface area contributed by atoms with Gasteiger partial charge in [-0.25, -0.2) is 0 Å². The second-order valence-corrected chi connectivity index (χ2v) is 6.29. The third kappa shape index (κ3) is 2.99. The zero-order chi connectivity index (χ0) is 13.2. The lowest BCUT2D eigenvalue weighted by molar-refractivity contribution is -0.146. The molecule has 1 N–H and O–H groups in total. The van der Waals surface area contributed by atoms with E-state index < -0.39 is 0 Å². The smallest absolute Gasteiger partial charge is 0.253 e. The number of hydrogen-bond donors (Lipinski definition) is 1. The predicted octanol–water partition coefficient (Wildman–Crippen LogP) is 1.54. The van der Waals surface area contributed by atoms with Gasteiger partial charge in [-0.3, -0.25) is 4.79 Å². The fraction of sp³-hybridized carbons (Fsp3) is 0.643. The van der Waals surface area contributed by atoms with Crippen LogP contribution in [0.2, 0.25) is 0 Å². The number of nitrogens with zero attached hydrogens (tertiary/aromatic N) is 1. The Bertz CT molecular complexity index is 450. The van der Waals surface area contributed by atoms with Gasteiger partial charge >= 0.3 is 0 Å². The van der Waals surface area contributed by atoms with E-state index in [-0.39, 0.29) is 12.0 Å². The molecule has 1 aliphatic carbocycles. The fourth-order valence-corrected chi connectivity index (χ4v) is 3.31. The van der Waals surface area contributed by atoms with Crippen LogP contribution < -0.4 is 5.32 Å². The molecule has 1 aromatic rings. The minimum atomic E-state index is -0.297. The van der Waals surface area contributed by atoms with Crippen molar-refractivity contribution >= 4 is 17.2 Å². The molecule has 104 valence electrons. The number of nitrogens with one attached hydrogen (secondary N) is 1. The average molecular weight is 280 g/mol. The summed E-state index contributed by atoms with van der Waals surface area (Å²) in [6.45, 7) is 4.97. The second kappa shape index (κ2) is 5.61. The zero-order valence-corrected chi connectivity index (χ0v) is 12.0. The van der Waals surface area contributed by atoms with Crippen LogP contribution in [0.3, 0.4) is 0 Å². The summed E-state index contributed by atoms with van der Waals surface area (Å²) in [7, 11) is 0. The van der Waals surface area contributed by atoms with E-state index in [9.17, 15) is 4.79 Å². The normalized spacial score (nSPS) is 23.3. The Labute approximate surface area is 117 Å². The molecule has 0 spiro atoms. The number of amides is 1. The molecule has 1 saturated heterocycles. The van der Waals surface area contributed by atoms with Gasteiger partial charge in [0, 0.05) is 24.0 Å². The highest BCUT2D eigenvalue weighted by Gasteiger charge is 2.37. The highest BCUT2D eigenvalue weighted by atomic mass is 32.1. The first-order chi connectivity index (χ1) is 9.25. The van der Waals surface area contributed by atoms with Crippen molar-refractivity contribution in [2.45, 2.75) is 38.5 Å². The van der Waals surface area contributed by atoms with Gasteiger partial charge in [-0.2, -0.15) is 0 Å². The average Bonchev–Trinajstić information content (AvgIpc) is 3.20. The van der Waals surface area contributed by atoms with Crippen LogP contribution in [0, 0.1) is 6.92 Å². The van der Waals surface area contributed by atoms with Crippen LogP contribution in [0.5, 0.6) is 0 Å². The minimum absolute atomic E-state index is 0.155. The SMILES string of the molecule is Cc1ccsc1CN(C(=O)C1CNCCO1)C1CC1. The molecule has 1 saturated carbocycles. The van der Waals surface area contributed by atoms with E-state index in [1.807, 2.05) is 4.90 Å². The van der Waals surface area contributed by atoms with Gasteiger partial charge in [0.25, 0.3) is 5.91 Å². The molecule has 2 heterocycles. The third-order valence-corrected chi connectivity index (χ3v) is 4.76. The number of hydrogen-bond acceptors (Lipinski definition) is 4. The van der Waals surface area contributed by atoms with E-state index in [4.69, 9.17) is 4.74 Å². The Morgan fingerprint density at radius 3 is 3.00 bits per heavy atom. The topological polar surface area (TPSA) is 41.6 Å². The van der Waals surface area contributed by atoms with Crippen LogP contribution in [0.1, 0.15) is 23.3 Å². The Hall–Kier alpha value is -0.910. The van der Waals surface area contributed by atoms with E-state index in [1.54, 1.807) is 11.3 Å². The lowest BCUT2D eigenvalue weighted by Crippen LogP contribution is -2.49. The Balaban J connectivity index is 1.70. The highest BCUT2D eigenvalue weighted by Crippen LogP contribution is 2.31. The van der Waals surface area contributed by atoms with E-state index in [2.05, 4.69) is 23.7 Å². The summed E-state index contributed by atoms with van der Waals surface area (Å²) in [6, 6.07) is 2.55. The van der Waals surface area contributed by atoms with E-state index in [1.165, 1.54) is 10.4 Å². The van der Waals surface area contributed by atoms with Crippen LogP contribution in [0.4, 0.5) is 0 Å². The lowest BCUT2D eigenvalue weighted by atomic mass is 10.2. The largest absolute Gasteiger partial charge is 0.366 e. The molecule has 0 aromatic carbocycles. The second-order valence-electron chi connectivity index (χ2n) is 5.29. The van der Waals surface area contributed by atoms with Gasteiger partial charge in [0.2, 0.25) is 0 Å². The van der Waals surface area contributed by atoms with Crippen molar-refractivity contribution in [3.05, 3.63) is 21.9 Å². The quantitative estimate of drug-likeness (QED) is 0.909. The van der Waals surface area contributed by atoms with Crippen molar-refractivity contribution in [1.82, 2.24) is 10.2 Å². The molecule has 1 aliphatic heterocycles. The van der Waals surface area contributed by atoms with Crippen LogP contribution in [0.15, 0.2) is 11.4 Å². The first-order valence-corrected chi connectivity index (χ1v) is 7.79. The van der Waals surface area contributed by atoms with Crippen molar-refractivity contribution in [3.8, 4) is 0 Å². The number of carbonyl (C=O) groups excluding carboxylic acids is 1. The first-order valence-electron chi connectivity index (χ1n) is 6.91. The number of aryl methyl sites for hydroxylation is 1. The van der Waals surface area contributed by atoms with Crippen LogP contribution in [-0.2, 0) is 16.1 Å². The van der Waals surface area contributed by atoms with Gasteiger partial charge in [-0.05, 0) is 36.8 Å². The minimum Gasteiger partial charge on any atom is -0.366 e. The summed E-state index contributed by atoms with van der Waals surface area (Å²) in [4.78, 5) is 15.9. The maximum absolute atomic E-state index is 12.6. The summed E-state index contributed by atoms with van der Waals surface area (Å²) in [6.07, 6.45) is 1.97. The summed E-state index contributed by atoms with van der Waals surface area (Å²) in [5.41, 5.74) is 1.28. The Morgan fingerprint density at radius 1 is 1.58 bits per heavy atom. The van der Waals surface area contributed by atoms with Crippen LogP contribution in [-0.4, -0.2) is 42.6 Å². The molecule has 0 bridgehead atoms. The number of ether oxygens (including phenoxy) is 1.